The second kappa shape index (κ2) is 9.58. The van der Waals surface area contributed by atoms with Crippen molar-refractivity contribution < 1.29 is 18.0 Å². The van der Waals surface area contributed by atoms with Crippen LogP contribution in [0.25, 0.3) is 10.9 Å². The van der Waals surface area contributed by atoms with Gasteiger partial charge >= 0.3 is 6.18 Å². The Morgan fingerprint density at radius 1 is 1.31 bits per heavy atom. The van der Waals surface area contributed by atoms with Gasteiger partial charge < -0.3 is 10.2 Å². The summed E-state index contributed by atoms with van der Waals surface area (Å²) in [5, 5.41) is 11.3. The van der Waals surface area contributed by atoms with Gasteiger partial charge in [0.1, 0.15) is 0 Å². The third-order valence-corrected chi connectivity index (χ3v) is 8.00. The van der Waals surface area contributed by atoms with Crippen LogP contribution in [0.1, 0.15) is 38.2 Å². The Balaban J connectivity index is 1.46. The average Bonchev–Trinajstić information content (AvgIpc) is 3.48. The summed E-state index contributed by atoms with van der Waals surface area (Å²) in [6, 6.07) is 3.70. The van der Waals surface area contributed by atoms with Crippen molar-refractivity contribution in [3.8, 4) is 0 Å². The van der Waals surface area contributed by atoms with E-state index in [1.165, 1.54) is 0 Å². The molecule has 0 bridgehead atoms. The summed E-state index contributed by atoms with van der Waals surface area (Å²) in [7, 11) is 3.80. The molecule has 1 saturated carbocycles. The molecule has 1 aromatic heterocycles. The lowest BCUT2D eigenvalue weighted by Gasteiger charge is -2.41. The first kappa shape index (κ1) is 25.7. The van der Waals surface area contributed by atoms with E-state index in [0.29, 0.717) is 24.4 Å². The monoisotopic (exact) mass is 509 g/mol. The number of benzene rings is 1. The number of hydrogen-bond donors (Lipinski definition) is 2. The van der Waals surface area contributed by atoms with E-state index in [4.69, 9.17) is 11.6 Å². The summed E-state index contributed by atoms with van der Waals surface area (Å²) in [5.74, 6) is -1.25. The van der Waals surface area contributed by atoms with Crippen LogP contribution in [-0.4, -0.2) is 60.1 Å². The van der Waals surface area contributed by atoms with Gasteiger partial charge in [-0.1, -0.05) is 24.6 Å². The average molecular weight is 510 g/mol. The number of halogens is 4. The number of fused-ring (bicyclic) bond motifs is 1. The van der Waals surface area contributed by atoms with Crippen molar-refractivity contribution in [1.29, 1.82) is 0 Å². The number of nitrogens with zero attached hydrogens (tertiary/aromatic N) is 3. The lowest BCUT2D eigenvalue weighted by Crippen LogP contribution is -2.47. The molecule has 4 rings (SSSR count). The maximum Gasteiger partial charge on any atom is 0.394 e. The first-order chi connectivity index (χ1) is 16.4. The Labute approximate surface area is 208 Å². The molecule has 0 saturated heterocycles. The van der Waals surface area contributed by atoms with Gasteiger partial charge in [-0.25, -0.2) is 0 Å². The number of aromatic nitrogens is 2. The Bertz CT molecular complexity index is 1140. The van der Waals surface area contributed by atoms with Gasteiger partial charge in [-0.05, 0) is 63.4 Å². The number of aliphatic imine (C=N–C) groups is 1. The zero-order valence-electron chi connectivity index (χ0n) is 20.1. The van der Waals surface area contributed by atoms with Gasteiger partial charge in [0, 0.05) is 47.2 Å². The minimum absolute atomic E-state index is 0.0525. The zero-order chi connectivity index (χ0) is 25.4. The highest BCUT2D eigenvalue weighted by atomic mass is 35.5. The molecule has 1 aliphatic heterocycles. The Hall–Kier alpha value is -2.39. The molecular formula is C25H31ClF3N5O. The molecule has 1 aliphatic carbocycles. The quantitative estimate of drug-likeness (QED) is 0.491. The van der Waals surface area contributed by atoms with Gasteiger partial charge in [0.25, 0.3) is 0 Å². The number of rotatable bonds is 9. The van der Waals surface area contributed by atoms with Crippen LogP contribution < -0.4 is 5.32 Å². The van der Waals surface area contributed by atoms with E-state index in [9.17, 15) is 18.0 Å². The van der Waals surface area contributed by atoms with E-state index >= 15 is 0 Å². The van der Waals surface area contributed by atoms with Gasteiger partial charge in [-0.3, -0.25) is 14.9 Å². The van der Waals surface area contributed by atoms with Crippen molar-refractivity contribution in [1.82, 2.24) is 20.4 Å². The number of H-pyrrole nitrogens is 1. The molecule has 190 valence electrons. The van der Waals surface area contributed by atoms with Crippen LogP contribution in [0, 0.1) is 16.7 Å². The lowest BCUT2D eigenvalue weighted by molar-refractivity contribution is -0.211. The van der Waals surface area contributed by atoms with Crippen molar-refractivity contribution >= 4 is 34.6 Å². The first-order valence-electron chi connectivity index (χ1n) is 11.8. The molecule has 0 spiro atoms. The predicted molar refractivity (Wildman–Crippen MR) is 131 cm³/mol. The highest BCUT2D eigenvalue weighted by molar-refractivity contribution is 6.32. The number of carbonyl (C=O) groups is 1. The molecule has 10 heteroatoms. The lowest BCUT2D eigenvalue weighted by atomic mass is 9.65. The molecule has 2 heterocycles. The van der Waals surface area contributed by atoms with E-state index in [2.05, 4.69) is 20.5 Å². The zero-order valence-corrected chi connectivity index (χ0v) is 20.9. The van der Waals surface area contributed by atoms with E-state index in [1.54, 1.807) is 31.6 Å². The molecule has 35 heavy (non-hydrogen) atoms. The van der Waals surface area contributed by atoms with E-state index < -0.39 is 22.9 Å². The highest BCUT2D eigenvalue weighted by Crippen LogP contribution is 2.67. The summed E-state index contributed by atoms with van der Waals surface area (Å²) in [5.41, 5.74) is -0.900. The minimum Gasteiger partial charge on any atom is -0.355 e. The molecule has 2 N–H and O–H groups in total. The van der Waals surface area contributed by atoms with Gasteiger partial charge in [0.2, 0.25) is 5.91 Å². The molecule has 3 atom stereocenters. The summed E-state index contributed by atoms with van der Waals surface area (Å²) in [6.07, 6.45) is 3.24. The van der Waals surface area contributed by atoms with Crippen molar-refractivity contribution in [3.63, 3.8) is 0 Å². The number of nitrogens with one attached hydrogen (secondary N) is 2. The SMILES string of the molecule is CN(C)[C@H](CNC(=O)C[C@@H](C1(C)C=NC=CC1)C1(C(F)(F)F)CC1)Cc1cc2cn[nH]c2cc1Cl. The second-order valence-electron chi connectivity index (χ2n) is 10.3. The summed E-state index contributed by atoms with van der Waals surface area (Å²) >= 11 is 6.46. The number of alkyl halides is 3. The molecule has 2 aromatic rings. The van der Waals surface area contributed by atoms with Gasteiger partial charge in [0.05, 0.1) is 17.1 Å². The van der Waals surface area contributed by atoms with Crippen molar-refractivity contribution in [3.05, 3.63) is 41.2 Å². The molecule has 6 nitrogen and oxygen atoms in total. The summed E-state index contributed by atoms with van der Waals surface area (Å²) < 4.78 is 42.3. The number of amides is 1. The molecule has 1 fully saturated rings. The maximum absolute atomic E-state index is 14.1. The van der Waals surface area contributed by atoms with Crippen LogP contribution in [0.2, 0.25) is 5.02 Å². The fraction of sp³-hybridized carbons (Fsp3) is 0.560. The number of aromatic amines is 1. The van der Waals surface area contributed by atoms with Gasteiger partial charge in [-0.2, -0.15) is 18.3 Å². The predicted octanol–water partition coefficient (Wildman–Crippen LogP) is 5.15. The second-order valence-corrected chi connectivity index (χ2v) is 10.7. The summed E-state index contributed by atoms with van der Waals surface area (Å²) in [4.78, 5) is 19.1. The number of allylic oxidation sites excluding steroid dienone is 1. The topological polar surface area (TPSA) is 73.4 Å². The van der Waals surface area contributed by atoms with Crippen LogP contribution in [0.15, 0.2) is 35.6 Å². The fourth-order valence-electron chi connectivity index (χ4n) is 5.24. The normalized spacial score (nSPS) is 23.0. The van der Waals surface area contributed by atoms with Crippen LogP contribution in [-0.2, 0) is 11.2 Å². The van der Waals surface area contributed by atoms with Crippen LogP contribution >= 0.6 is 11.6 Å². The van der Waals surface area contributed by atoms with E-state index in [0.717, 1.165) is 16.5 Å². The Kier molecular flexibility index (Phi) is 7.03. The van der Waals surface area contributed by atoms with E-state index in [1.807, 2.05) is 31.1 Å². The third kappa shape index (κ3) is 5.26. The van der Waals surface area contributed by atoms with Gasteiger partial charge in [-0.15, -0.1) is 0 Å². The molecular weight excluding hydrogens is 479 g/mol. The molecule has 0 radical (unpaired) electrons. The van der Waals surface area contributed by atoms with Crippen molar-refractivity contribution in [2.75, 3.05) is 20.6 Å². The third-order valence-electron chi connectivity index (χ3n) is 7.65. The van der Waals surface area contributed by atoms with Crippen molar-refractivity contribution in [2.24, 2.45) is 21.7 Å². The Morgan fingerprint density at radius 3 is 2.66 bits per heavy atom. The summed E-state index contributed by atoms with van der Waals surface area (Å²) in [6.45, 7) is 2.07. The first-order valence-corrected chi connectivity index (χ1v) is 12.1. The molecule has 1 amide bonds. The van der Waals surface area contributed by atoms with Gasteiger partial charge in [0.15, 0.2) is 0 Å². The van der Waals surface area contributed by atoms with E-state index in [-0.39, 0.29) is 31.2 Å². The van der Waals surface area contributed by atoms with Crippen LogP contribution in [0.4, 0.5) is 13.2 Å². The maximum atomic E-state index is 14.1. The highest BCUT2D eigenvalue weighted by Gasteiger charge is 2.69. The number of carbonyl (C=O) groups excluding carboxylic acids is 1. The molecule has 1 aromatic carbocycles. The smallest absolute Gasteiger partial charge is 0.355 e. The van der Waals surface area contributed by atoms with Crippen LogP contribution in [0.3, 0.4) is 0 Å². The Morgan fingerprint density at radius 2 is 2.06 bits per heavy atom. The van der Waals surface area contributed by atoms with Crippen LogP contribution in [0.5, 0.6) is 0 Å². The number of likely N-dealkylation sites (N-methyl/N-ethyl adjacent to an activating group) is 1. The fourth-order valence-corrected chi connectivity index (χ4v) is 5.48. The molecule has 1 unspecified atom stereocenters. The minimum atomic E-state index is -4.36. The van der Waals surface area contributed by atoms with Crippen molar-refractivity contribution in [2.45, 2.75) is 51.2 Å². The number of hydrogen-bond acceptors (Lipinski definition) is 4. The largest absolute Gasteiger partial charge is 0.394 e. The molecule has 2 aliphatic rings. The standard InChI is InChI=1S/C25H31ClF3N5O/c1-23(5-4-8-30-15-23)21(24(6-7-24)25(27,28)29)12-22(35)31-14-18(34(2)3)10-16-9-17-13-32-33-20(17)11-19(16)26/h4,8-9,11,13,15,18,21H,5-7,10,12,14H2,1-3H3,(H,31,35)(H,32,33)/t18-,21-,23?/m0/s1.